The van der Waals surface area contributed by atoms with E-state index in [2.05, 4.69) is 35.2 Å². The molecule has 0 saturated carbocycles. The smallest absolute Gasteiger partial charge is 0.159 e. The SMILES string of the molecule is COC(CC1(O)CC2CCC(C1)N2Cc1ccccc1)OC. The summed E-state index contributed by atoms with van der Waals surface area (Å²) in [5, 5.41) is 11.0. The van der Waals surface area contributed by atoms with Crippen LogP contribution in [0.1, 0.15) is 37.7 Å². The molecule has 2 fully saturated rings. The summed E-state index contributed by atoms with van der Waals surface area (Å²) in [4.78, 5) is 2.58. The normalized spacial score (nSPS) is 31.8. The third-order valence-corrected chi connectivity index (χ3v) is 5.28. The van der Waals surface area contributed by atoms with E-state index in [1.54, 1.807) is 14.2 Å². The van der Waals surface area contributed by atoms with Gasteiger partial charge < -0.3 is 14.6 Å². The molecular weight excluding hydrogens is 278 g/mol. The average molecular weight is 305 g/mol. The molecule has 3 rings (SSSR count). The van der Waals surface area contributed by atoms with Gasteiger partial charge in [-0.2, -0.15) is 0 Å². The van der Waals surface area contributed by atoms with Crippen molar-refractivity contribution in [2.24, 2.45) is 0 Å². The Hall–Kier alpha value is -0.940. The van der Waals surface area contributed by atoms with E-state index in [1.165, 1.54) is 18.4 Å². The Kier molecular flexibility index (Phi) is 4.83. The highest BCUT2D eigenvalue weighted by Crippen LogP contribution is 2.43. The second-order valence-electron chi connectivity index (χ2n) is 6.78. The summed E-state index contributed by atoms with van der Waals surface area (Å²) in [6, 6.07) is 11.6. The maximum Gasteiger partial charge on any atom is 0.159 e. The van der Waals surface area contributed by atoms with E-state index in [9.17, 15) is 5.11 Å². The molecular formula is C18H27NO3. The maximum atomic E-state index is 11.0. The average Bonchev–Trinajstić information content (AvgIpc) is 2.78. The van der Waals surface area contributed by atoms with Gasteiger partial charge in [-0.1, -0.05) is 30.3 Å². The van der Waals surface area contributed by atoms with Crippen molar-refractivity contribution >= 4 is 0 Å². The van der Waals surface area contributed by atoms with Crippen LogP contribution in [0.2, 0.25) is 0 Å². The van der Waals surface area contributed by atoms with Gasteiger partial charge in [0, 0.05) is 39.3 Å². The van der Waals surface area contributed by atoms with Crippen LogP contribution in [0.25, 0.3) is 0 Å². The number of piperidine rings is 1. The summed E-state index contributed by atoms with van der Waals surface area (Å²) >= 11 is 0. The van der Waals surface area contributed by atoms with Gasteiger partial charge in [0.2, 0.25) is 0 Å². The topological polar surface area (TPSA) is 41.9 Å². The van der Waals surface area contributed by atoms with Crippen molar-refractivity contribution in [2.75, 3.05) is 14.2 Å². The maximum absolute atomic E-state index is 11.0. The van der Waals surface area contributed by atoms with Gasteiger partial charge in [-0.25, -0.2) is 0 Å². The quantitative estimate of drug-likeness (QED) is 0.820. The van der Waals surface area contributed by atoms with Crippen molar-refractivity contribution in [3.8, 4) is 0 Å². The minimum Gasteiger partial charge on any atom is -0.390 e. The lowest BCUT2D eigenvalue weighted by molar-refractivity contribution is -0.160. The molecule has 2 aliphatic rings. The standard InChI is InChI=1S/C18H27NO3/c1-21-17(22-2)12-18(20)10-15-8-9-16(11-18)19(15)13-14-6-4-3-5-7-14/h3-7,15-17,20H,8-13H2,1-2H3. The summed E-state index contributed by atoms with van der Waals surface area (Å²) in [7, 11) is 3.27. The van der Waals surface area contributed by atoms with E-state index >= 15 is 0 Å². The van der Waals surface area contributed by atoms with Crippen LogP contribution in [0.5, 0.6) is 0 Å². The Morgan fingerprint density at radius 3 is 2.27 bits per heavy atom. The van der Waals surface area contributed by atoms with Gasteiger partial charge in [-0.05, 0) is 31.2 Å². The fourth-order valence-corrected chi connectivity index (χ4v) is 4.21. The molecule has 122 valence electrons. The zero-order valence-corrected chi connectivity index (χ0v) is 13.6. The first kappa shape index (κ1) is 15.9. The molecule has 2 saturated heterocycles. The predicted octanol–water partition coefficient (Wildman–Crippen LogP) is 2.55. The predicted molar refractivity (Wildman–Crippen MR) is 85.4 cm³/mol. The first-order valence-electron chi connectivity index (χ1n) is 8.21. The van der Waals surface area contributed by atoms with Gasteiger partial charge in [-0.3, -0.25) is 4.90 Å². The van der Waals surface area contributed by atoms with E-state index in [0.29, 0.717) is 18.5 Å². The van der Waals surface area contributed by atoms with Crippen molar-refractivity contribution in [3.05, 3.63) is 35.9 Å². The second-order valence-corrected chi connectivity index (χ2v) is 6.78. The summed E-state index contributed by atoms with van der Waals surface area (Å²) < 4.78 is 10.6. The number of hydrogen-bond acceptors (Lipinski definition) is 4. The molecule has 2 bridgehead atoms. The van der Waals surface area contributed by atoms with Crippen LogP contribution < -0.4 is 0 Å². The second kappa shape index (κ2) is 6.67. The molecule has 4 heteroatoms. The van der Waals surface area contributed by atoms with E-state index in [0.717, 1.165) is 19.4 Å². The van der Waals surface area contributed by atoms with Crippen LogP contribution >= 0.6 is 0 Å². The van der Waals surface area contributed by atoms with E-state index in [1.807, 2.05) is 0 Å². The molecule has 0 radical (unpaired) electrons. The summed E-state index contributed by atoms with van der Waals surface area (Å²) in [5.74, 6) is 0. The van der Waals surface area contributed by atoms with Crippen molar-refractivity contribution in [3.63, 3.8) is 0 Å². The van der Waals surface area contributed by atoms with Crippen LogP contribution in [-0.2, 0) is 16.0 Å². The minimum atomic E-state index is -0.657. The van der Waals surface area contributed by atoms with Gasteiger partial charge in [-0.15, -0.1) is 0 Å². The lowest BCUT2D eigenvalue weighted by Gasteiger charge is -2.44. The van der Waals surface area contributed by atoms with Crippen molar-refractivity contribution in [2.45, 2.75) is 62.6 Å². The first-order chi connectivity index (χ1) is 10.6. The van der Waals surface area contributed by atoms with Gasteiger partial charge in [0.1, 0.15) is 0 Å². The lowest BCUT2D eigenvalue weighted by atomic mass is 9.83. The molecule has 2 unspecified atom stereocenters. The van der Waals surface area contributed by atoms with Crippen molar-refractivity contribution < 1.29 is 14.6 Å². The van der Waals surface area contributed by atoms with Gasteiger partial charge in [0.05, 0.1) is 5.60 Å². The monoisotopic (exact) mass is 305 g/mol. The zero-order valence-electron chi connectivity index (χ0n) is 13.6. The highest BCUT2D eigenvalue weighted by Gasteiger charge is 2.48. The van der Waals surface area contributed by atoms with Crippen LogP contribution in [-0.4, -0.2) is 48.2 Å². The fourth-order valence-electron chi connectivity index (χ4n) is 4.21. The zero-order chi connectivity index (χ0) is 15.6. The van der Waals surface area contributed by atoms with Crippen LogP contribution in [0.15, 0.2) is 30.3 Å². The van der Waals surface area contributed by atoms with Crippen molar-refractivity contribution in [1.82, 2.24) is 4.90 Å². The number of rotatable bonds is 6. The highest BCUT2D eigenvalue weighted by atomic mass is 16.7. The Bertz CT molecular complexity index is 460. The molecule has 0 spiro atoms. The lowest BCUT2D eigenvalue weighted by Crippen LogP contribution is -2.52. The summed E-state index contributed by atoms with van der Waals surface area (Å²) in [5.41, 5.74) is 0.701. The van der Waals surface area contributed by atoms with Crippen LogP contribution in [0, 0.1) is 0 Å². The van der Waals surface area contributed by atoms with E-state index < -0.39 is 5.60 Å². The molecule has 0 amide bonds. The number of benzene rings is 1. The van der Waals surface area contributed by atoms with Crippen LogP contribution in [0.4, 0.5) is 0 Å². The molecule has 2 aliphatic heterocycles. The number of hydrogen-bond donors (Lipinski definition) is 1. The third-order valence-electron chi connectivity index (χ3n) is 5.28. The Balaban J connectivity index is 1.66. The van der Waals surface area contributed by atoms with Crippen molar-refractivity contribution in [1.29, 1.82) is 0 Å². The fraction of sp³-hybridized carbons (Fsp3) is 0.667. The molecule has 1 N–H and O–H groups in total. The Labute approximate surface area is 133 Å². The summed E-state index contributed by atoms with van der Waals surface area (Å²) in [6.07, 6.45) is 4.25. The minimum absolute atomic E-state index is 0.315. The van der Waals surface area contributed by atoms with Gasteiger partial charge in [0.15, 0.2) is 6.29 Å². The Morgan fingerprint density at radius 1 is 1.14 bits per heavy atom. The molecule has 22 heavy (non-hydrogen) atoms. The van der Waals surface area contributed by atoms with E-state index in [4.69, 9.17) is 9.47 Å². The number of aliphatic hydroxyl groups is 1. The number of methoxy groups -OCH3 is 2. The molecule has 1 aromatic rings. The number of nitrogens with zero attached hydrogens (tertiary/aromatic N) is 1. The third kappa shape index (κ3) is 3.35. The highest BCUT2D eigenvalue weighted by molar-refractivity contribution is 5.16. The number of ether oxygens (including phenoxy) is 2. The number of fused-ring (bicyclic) bond motifs is 2. The van der Waals surface area contributed by atoms with Gasteiger partial charge >= 0.3 is 0 Å². The molecule has 2 heterocycles. The first-order valence-corrected chi connectivity index (χ1v) is 8.21. The molecule has 4 nitrogen and oxygen atoms in total. The molecule has 1 aromatic carbocycles. The largest absolute Gasteiger partial charge is 0.390 e. The van der Waals surface area contributed by atoms with Crippen LogP contribution in [0.3, 0.4) is 0 Å². The van der Waals surface area contributed by atoms with E-state index in [-0.39, 0.29) is 6.29 Å². The van der Waals surface area contributed by atoms with Gasteiger partial charge in [0.25, 0.3) is 0 Å². The Morgan fingerprint density at radius 2 is 1.73 bits per heavy atom. The summed E-state index contributed by atoms with van der Waals surface area (Å²) in [6.45, 7) is 0.990. The molecule has 0 aromatic heterocycles. The molecule has 0 aliphatic carbocycles. The molecule has 2 atom stereocenters.